The van der Waals surface area contributed by atoms with Gasteiger partial charge in [-0.1, -0.05) is 13.0 Å². The van der Waals surface area contributed by atoms with Gasteiger partial charge in [-0.15, -0.1) is 0 Å². The monoisotopic (exact) mass is 376 g/mol. The highest BCUT2D eigenvalue weighted by Crippen LogP contribution is 2.25. The number of anilines is 1. The molecule has 0 unspecified atom stereocenters. The van der Waals surface area contributed by atoms with Crippen molar-refractivity contribution in [2.75, 3.05) is 19.0 Å². The van der Waals surface area contributed by atoms with E-state index in [1.807, 2.05) is 39.0 Å². The fourth-order valence-electron chi connectivity index (χ4n) is 2.59. The molecule has 0 fully saturated rings. The number of amides is 1. The number of rotatable bonds is 7. The fourth-order valence-corrected chi connectivity index (χ4v) is 3.92. The van der Waals surface area contributed by atoms with Gasteiger partial charge in [0.15, 0.2) is 0 Å². The van der Waals surface area contributed by atoms with Crippen LogP contribution in [0.3, 0.4) is 0 Å². The highest BCUT2D eigenvalue weighted by atomic mass is 32.2. The Morgan fingerprint density at radius 2 is 1.73 bits per heavy atom. The van der Waals surface area contributed by atoms with Crippen LogP contribution in [0, 0.1) is 13.8 Å². The fraction of sp³-hybridized carbons (Fsp3) is 0.316. The van der Waals surface area contributed by atoms with Gasteiger partial charge in [0.1, 0.15) is 10.6 Å². The van der Waals surface area contributed by atoms with E-state index in [2.05, 4.69) is 10.0 Å². The number of carbonyl (C=O) groups excluding carboxylic acids is 1. The van der Waals surface area contributed by atoms with Gasteiger partial charge in [0.05, 0.1) is 7.11 Å². The summed E-state index contributed by atoms with van der Waals surface area (Å²) in [5.74, 6) is -0.193. The van der Waals surface area contributed by atoms with E-state index in [9.17, 15) is 13.2 Å². The molecule has 0 aliphatic rings. The third-order valence-electron chi connectivity index (χ3n) is 3.74. The number of methoxy groups -OCH3 is 1. The second-order valence-corrected chi connectivity index (χ2v) is 7.83. The van der Waals surface area contributed by atoms with Gasteiger partial charge in [-0.3, -0.25) is 4.79 Å². The van der Waals surface area contributed by atoms with Gasteiger partial charge in [0.2, 0.25) is 10.0 Å². The van der Waals surface area contributed by atoms with Gasteiger partial charge >= 0.3 is 0 Å². The Hall–Kier alpha value is -2.38. The molecule has 0 atom stereocenters. The quantitative estimate of drug-likeness (QED) is 0.777. The number of benzene rings is 2. The van der Waals surface area contributed by atoms with Crippen molar-refractivity contribution < 1.29 is 17.9 Å². The van der Waals surface area contributed by atoms with Gasteiger partial charge in [-0.05, 0) is 61.7 Å². The summed E-state index contributed by atoms with van der Waals surface area (Å²) in [5.41, 5.74) is 2.96. The summed E-state index contributed by atoms with van der Waals surface area (Å²) in [6.45, 7) is 6.07. The summed E-state index contributed by atoms with van der Waals surface area (Å²) in [7, 11) is -2.37. The molecule has 0 radical (unpaired) electrons. The molecule has 0 bridgehead atoms. The molecule has 2 aromatic carbocycles. The highest BCUT2D eigenvalue weighted by Gasteiger charge is 2.21. The first-order chi connectivity index (χ1) is 12.3. The average Bonchev–Trinajstić information content (AvgIpc) is 2.58. The third kappa shape index (κ3) is 4.83. The van der Waals surface area contributed by atoms with E-state index in [-0.39, 0.29) is 22.1 Å². The summed E-state index contributed by atoms with van der Waals surface area (Å²) in [4.78, 5) is 12.5. The van der Waals surface area contributed by atoms with Crippen molar-refractivity contribution in [3.05, 3.63) is 53.1 Å². The van der Waals surface area contributed by atoms with E-state index in [4.69, 9.17) is 4.74 Å². The van der Waals surface area contributed by atoms with E-state index >= 15 is 0 Å². The minimum atomic E-state index is -3.76. The first kappa shape index (κ1) is 19.9. The van der Waals surface area contributed by atoms with Crippen molar-refractivity contribution in [2.45, 2.75) is 32.1 Å². The zero-order valence-corrected chi connectivity index (χ0v) is 16.2. The third-order valence-corrected chi connectivity index (χ3v) is 5.22. The van der Waals surface area contributed by atoms with Crippen molar-refractivity contribution in [1.82, 2.24) is 4.72 Å². The lowest BCUT2D eigenvalue weighted by molar-refractivity contribution is 0.102. The summed E-state index contributed by atoms with van der Waals surface area (Å²) >= 11 is 0. The standard InChI is InChI=1S/C19H24N2O4S/c1-5-8-20-26(23,24)18-12-15(6-7-17(18)25-4)19(22)21-16-10-13(2)9-14(3)11-16/h6-7,9-12,20H,5,8H2,1-4H3,(H,21,22). The van der Waals surface area contributed by atoms with E-state index in [0.717, 1.165) is 11.1 Å². The first-order valence-electron chi connectivity index (χ1n) is 8.34. The van der Waals surface area contributed by atoms with Crippen molar-refractivity contribution in [3.8, 4) is 5.75 Å². The summed E-state index contributed by atoms with van der Waals surface area (Å²) in [6.07, 6.45) is 0.661. The summed E-state index contributed by atoms with van der Waals surface area (Å²) < 4.78 is 32.6. The van der Waals surface area contributed by atoms with Gasteiger partial charge in [0, 0.05) is 17.8 Å². The van der Waals surface area contributed by atoms with Gasteiger partial charge in [-0.25, -0.2) is 13.1 Å². The molecule has 6 nitrogen and oxygen atoms in total. The number of nitrogens with one attached hydrogen (secondary N) is 2. The minimum Gasteiger partial charge on any atom is -0.495 e. The lowest BCUT2D eigenvalue weighted by Crippen LogP contribution is -2.25. The van der Waals surface area contributed by atoms with Gasteiger partial charge in [-0.2, -0.15) is 0 Å². The van der Waals surface area contributed by atoms with Crippen molar-refractivity contribution in [1.29, 1.82) is 0 Å². The van der Waals surface area contributed by atoms with Crippen molar-refractivity contribution in [2.24, 2.45) is 0 Å². The Morgan fingerprint density at radius 1 is 1.08 bits per heavy atom. The lowest BCUT2D eigenvalue weighted by atomic mass is 10.1. The highest BCUT2D eigenvalue weighted by molar-refractivity contribution is 7.89. The van der Waals surface area contributed by atoms with Crippen LogP contribution in [0.2, 0.25) is 0 Å². The van der Waals surface area contributed by atoms with Gasteiger partial charge < -0.3 is 10.1 Å². The molecule has 2 rings (SSSR count). The Labute approximate surface area is 154 Å². The largest absolute Gasteiger partial charge is 0.495 e. The molecule has 140 valence electrons. The zero-order chi connectivity index (χ0) is 19.3. The zero-order valence-electron chi connectivity index (χ0n) is 15.4. The molecule has 0 aromatic heterocycles. The molecule has 1 amide bonds. The van der Waals surface area contributed by atoms with Crippen LogP contribution >= 0.6 is 0 Å². The van der Waals surface area contributed by atoms with Crippen LogP contribution in [-0.2, 0) is 10.0 Å². The molecular weight excluding hydrogens is 352 g/mol. The van der Waals surface area contributed by atoms with Crippen LogP contribution in [-0.4, -0.2) is 28.0 Å². The van der Waals surface area contributed by atoms with E-state index in [1.165, 1.54) is 25.3 Å². The first-order valence-corrected chi connectivity index (χ1v) is 9.82. The molecule has 0 saturated carbocycles. The smallest absolute Gasteiger partial charge is 0.255 e. The molecule has 2 N–H and O–H groups in total. The number of carbonyl (C=O) groups is 1. The van der Waals surface area contributed by atoms with Crippen LogP contribution in [0.15, 0.2) is 41.3 Å². The second-order valence-electron chi connectivity index (χ2n) is 6.09. The van der Waals surface area contributed by atoms with Crippen LogP contribution < -0.4 is 14.8 Å². The average molecular weight is 376 g/mol. The summed E-state index contributed by atoms with van der Waals surface area (Å²) in [6, 6.07) is 10.1. The maximum Gasteiger partial charge on any atom is 0.255 e. The van der Waals surface area contributed by atoms with Gasteiger partial charge in [0.25, 0.3) is 5.91 Å². The number of aryl methyl sites for hydroxylation is 2. The maximum absolute atomic E-state index is 12.6. The normalized spacial score (nSPS) is 11.2. The SMILES string of the molecule is CCCNS(=O)(=O)c1cc(C(=O)Nc2cc(C)cc(C)c2)ccc1OC. The molecule has 0 saturated heterocycles. The van der Waals surface area contributed by atoms with E-state index in [1.54, 1.807) is 0 Å². The van der Waals surface area contributed by atoms with Crippen molar-refractivity contribution in [3.63, 3.8) is 0 Å². The van der Waals surface area contributed by atoms with E-state index in [0.29, 0.717) is 18.7 Å². The van der Waals surface area contributed by atoms with Crippen LogP contribution in [0.5, 0.6) is 5.75 Å². The second kappa shape index (κ2) is 8.33. The number of sulfonamides is 1. The number of ether oxygens (including phenoxy) is 1. The Balaban J connectivity index is 2.35. The van der Waals surface area contributed by atoms with Crippen LogP contribution in [0.1, 0.15) is 34.8 Å². The van der Waals surface area contributed by atoms with Crippen LogP contribution in [0.4, 0.5) is 5.69 Å². The molecule has 0 aliphatic carbocycles. The van der Waals surface area contributed by atoms with Crippen molar-refractivity contribution >= 4 is 21.6 Å². The number of hydrogen-bond acceptors (Lipinski definition) is 4. The molecule has 0 heterocycles. The Bertz CT molecular complexity index is 888. The summed E-state index contributed by atoms with van der Waals surface area (Å²) in [5, 5.41) is 2.80. The Kier molecular flexibility index (Phi) is 6.39. The molecule has 7 heteroatoms. The minimum absolute atomic E-state index is 0.0541. The van der Waals surface area contributed by atoms with E-state index < -0.39 is 10.0 Å². The molecule has 26 heavy (non-hydrogen) atoms. The number of hydrogen-bond donors (Lipinski definition) is 2. The van der Waals surface area contributed by atoms with Crippen LogP contribution in [0.25, 0.3) is 0 Å². The lowest BCUT2D eigenvalue weighted by Gasteiger charge is -2.13. The molecule has 0 spiro atoms. The molecule has 0 aliphatic heterocycles. The molecular formula is C19H24N2O4S. The topological polar surface area (TPSA) is 84.5 Å². The predicted octanol–water partition coefficient (Wildman–Crippen LogP) is 3.25. The Morgan fingerprint density at radius 3 is 2.31 bits per heavy atom. The maximum atomic E-state index is 12.6. The molecule has 2 aromatic rings. The predicted molar refractivity (Wildman–Crippen MR) is 102 cm³/mol.